The van der Waals surface area contributed by atoms with Crippen molar-refractivity contribution in [2.75, 3.05) is 19.6 Å². The summed E-state index contributed by atoms with van der Waals surface area (Å²) in [6, 6.07) is 11.0. The van der Waals surface area contributed by atoms with Crippen LogP contribution in [0.1, 0.15) is 50.5 Å². The third-order valence-electron chi connectivity index (χ3n) is 5.32. The molecule has 20 heavy (non-hydrogen) atoms. The van der Waals surface area contributed by atoms with Crippen molar-refractivity contribution in [2.45, 2.75) is 51.4 Å². The van der Waals surface area contributed by atoms with Gasteiger partial charge in [0.2, 0.25) is 0 Å². The molecule has 1 aliphatic carbocycles. The average molecular weight is 271 g/mol. The number of rotatable bonds is 4. The summed E-state index contributed by atoms with van der Waals surface area (Å²) >= 11 is 0. The van der Waals surface area contributed by atoms with Gasteiger partial charge in [-0.1, -0.05) is 49.6 Å². The minimum atomic E-state index is 0.917. The zero-order valence-corrected chi connectivity index (χ0v) is 12.8. The first-order valence-corrected chi connectivity index (χ1v) is 8.66. The van der Waals surface area contributed by atoms with Crippen molar-refractivity contribution in [1.82, 2.24) is 4.90 Å². The molecule has 0 atom stereocenters. The second kappa shape index (κ2) is 7.26. The van der Waals surface area contributed by atoms with E-state index in [4.69, 9.17) is 0 Å². The summed E-state index contributed by atoms with van der Waals surface area (Å²) in [4.78, 5) is 2.75. The van der Waals surface area contributed by atoms with Gasteiger partial charge in [0, 0.05) is 6.54 Å². The van der Waals surface area contributed by atoms with Gasteiger partial charge in [-0.25, -0.2) is 0 Å². The van der Waals surface area contributed by atoms with Gasteiger partial charge in [-0.2, -0.15) is 0 Å². The van der Waals surface area contributed by atoms with Gasteiger partial charge < -0.3 is 4.90 Å². The van der Waals surface area contributed by atoms with Crippen molar-refractivity contribution in [3.05, 3.63) is 35.9 Å². The summed E-state index contributed by atoms with van der Waals surface area (Å²) in [5.74, 6) is 1.93. The van der Waals surface area contributed by atoms with E-state index in [9.17, 15) is 0 Å². The molecule has 1 saturated heterocycles. The molecule has 1 aliphatic heterocycles. The molecule has 1 aromatic rings. The average Bonchev–Trinajstić information content (AvgIpc) is 2.51. The van der Waals surface area contributed by atoms with Crippen molar-refractivity contribution in [3.8, 4) is 0 Å². The van der Waals surface area contributed by atoms with E-state index < -0.39 is 0 Å². The molecule has 0 N–H and O–H groups in total. The molecule has 0 spiro atoms. The molecule has 0 radical (unpaired) electrons. The van der Waals surface area contributed by atoms with Crippen LogP contribution in [0, 0.1) is 11.8 Å². The monoisotopic (exact) mass is 271 g/mol. The van der Waals surface area contributed by atoms with Gasteiger partial charge in [0.25, 0.3) is 0 Å². The Labute approximate surface area is 124 Å². The van der Waals surface area contributed by atoms with Gasteiger partial charge in [0.05, 0.1) is 0 Å². The van der Waals surface area contributed by atoms with Crippen molar-refractivity contribution in [2.24, 2.45) is 11.8 Å². The van der Waals surface area contributed by atoms with Crippen LogP contribution in [0.5, 0.6) is 0 Å². The van der Waals surface area contributed by atoms with Gasteiger partial charge in [-0.05, 0) is 62.6 Å². The fourth-order valence-corrected chi connectivity index (χ4v) is 4.06. The fraction of sp³-hybridized carbons (Fsp3) is 0.684. The van der Waals surface area contributed by atoms with Crippen LogP contribution in [0.2, 0.25) is 0 Å². The summed E-state index contributed by atoms with van der Waals surface area (Å²) in [5, 5.41) is 0. The lowest BCUT2D eigenvalue weighted by atomic mass is 9.87. The maximum Gasteiger partial charge on any atom is 0.000966 e. The second-order valence-electron chi connectivity index (χ2n) is 6.94. The Kier molecular flexibility index (Phi) is 5.13. The Bertz CT molecular complexity index is 372. The quantitative estimate of drug-likeness (QED) is 0.778. The van der Waals surface area contributed by atoms with E-state index >= 15 is 0 Å². The van der Waals surface area contributed by atoms with Crippen molar-refractivity contribution >= 4 is 0 Å². The number of hydrogen-bond donors (Lipinski definition) is 0. The Morgan fingerprint density at radius 3 is 2.20 bits per heavy atom. The van der Waals surface area contributed by atoms with E-state index in [1.54, 1.807) is 0 Å². The van der Waals surface area contributed by atoms with Crippen LogP contribution in [0.15, 0.2) is 30.3 Å². The SMILES string of the molecule is c1ccc(CC2CCN(CC3CCCCC3)CC2)cc1. The van der Waals surface area contributed by atoms with Gasteiger partial charge >= 0.3 is 0 Å². The van der Waals surface area contributed by atoms with Crippen LogP contribution < -0.4 is 0 Å². The Morgan fingerprint density at radius 2 is 1.50 bits per heavy atom. The van der Waals surface area contributed by atoms with E-state index in [1.165, 1.54) is 76.6 Å². The Morgan fingerprint density at radius 1 is 0.800 bits per heavy atom. The predicted octanol–water partition coefficient (Wildman–Crippen LogP) is 4.52. The molecular formula is C19H29N. The van der Waals surface area contributed by atoms with Gasteiger partial charge in [-0.3, -0.25) is 0 Å². The first-order chi connectivity index (χ1) is 9.90. The summed E-state index contributed by atoms with van der Waals surface area (Å²) in [5.41, 5.74) is 1.53. The maximum atomic E-state index is 2.75. The van der Waals surface area contributed by atoms with Crippen molar-refractivity contribution in [1.29, 1.82) is 0 Å². The highest BCUT2D eigenvalue weighted by Gasteiger charge is 2.22. The highest BCUT2D eigenvalue weighted by atomic mass is 15.1. The molecule has 2 fully saturated rings. The third-order valence-corrected chi connectivity index (χ3v) is 5.32. The molecule has 0 unspecified atom stereocenters. The lowest BCUT2D eigenvalue weighted by Crippen LogP contribution is -2.38. The number of piperidine rings is 1. The van der Waals surface area contributed by atoms with Crippen LogP contribution >= 0.6 is 0 Å². The molecule has 0 aromatic heterocycles. The summed E-state index contributed by atoms with van der Waals surface area (Å²) in [7, 11) is 0. The highest BCUT2D eigenvalue weighted by molar-refractivity contribution is 5.15. The number of likely N-dealkylation sites (tertiary alicyclic amines) is 1. The van der Waals surface area contributed by atoms with Gasteiger partial charge in [-0.15, -0.1) is 0 Å². The molecular weight excluding hydrogens is 242 g/mol. The van der Waals surface area contributed by atoms with E-state index in [1.807, 2.05) is 0 Å². The second-order valence-corrected chi connectivity index (χ2v) is 6.94. The maximum absolute atomic E-state index is 2.75. The van der Waals surface area contributed by atoms with Crippen molar-refractivity contribution in [3.63, 3.8) is 0 Å². The molecule has 1 aromatic carbocycles. The van der Waals surface area contributed by atoms with Crippen molar-refractivity contribution < 1.29 is 0 Å². The topological polar surface area (TPSA) is 3.24 Å². The molecule has 0 amide bonds. The number of nitrogens with zero attached hydrogens (tertiary/aromatic N) is 1. The van der Waals surface area contributed by atoms with Crippen LogP contribution in [0.25, 0.3) is 0 Å². The molecule has 3 rings (SSSR count). The van der Waals surface area contributed by atoms with E-state index in [-0.39, 0.29) is 0 Å². The minimum absolute atomic E-state index is 0.917. The summed E-state index contributed by atoms with van der Waals surface area (Å²) < 4.78 is 0. The van der Waals surface area contributed by atoms with Crippen LogP contribution in [0.3, 0.4) is 0 Å². The molecule has 110 valence electrons. The summed E-state index contributed by atoms with van der Waals surface area (Å²) in [6.07, 6.45) is 11.5. The van der Waals surface area contributed by atoms with E-state index in [0.717, 1.165) is 11.8 Å². The van der Waals surface area contributed by atoms with Gasteiger partial charge in [0.1, 0.15) is 0 Å². The molecule has 1 heterocycles. The standard InChI is InChI=1S/C19H29N/c1-3-7-17(8-4-1)15-18-11-13-20(14-12-18)16-19-9-5-2-6-10-19/h1,3-4,7-8,18-19H,2,5-6,9-16H2. The Balaban J connectivity index is 1.40. The zero-order chi connectivity index (χ0) is 13.6. The molecule has 0 bridgehead atoms. The highest BCUT2D eigenvalue weighted by Crippen LogP contribution is 2.27. The van der Waals surface area contributed by atoms with Crippen LogP contribution in [-0.4, -0.2) is 24.5 Å². The third kappa shape index (κ3) is 4.09. The largest absolute Gasteiger partial charge is 0.303 e. The smallest absolute Gasteiger partial charge is 0.000966 e. The number of benzene rings is 1. The lowest BCUT2D eigenvalue weighted by Gasteiger charge is -2.35. The van der Waals surface area contributed by atoms with E-state index in [2.05, 4.69) is 35.2 Å². The molecule has 1 nitrogen and oxygen atoms in total. The normalized spacial score (nSPS) is 23.0. The van der Waals surface area contributed by atoms with E-state index in [0.29, 0.717) is 0 Å². The molecule has 1 heteroatoms. The Hall–Kier alpha value is -0.820. The minimum Gasteiger partial charge on any atom is -0.303 e. The zero-order valence-electron chi connectivity index (χ0n) is 12.8. The first kappa shape index (κ1) is 14.1. The first-order valence-electron chi connectivity index (χ1n) is 8.66. The molecule has 1 saturated carbocycles. The number of hydrogen-bond acceptors (Lipinski definition) is 1. The predicted molar refractivity (Wildman–Crippen MR) is 85.9 cm³/mol. The van der Waals surface area contributed by atoms with Gasteiger partial charge in [0.15, 0.2) is 0 Å². The molecule has 2 aliphatic rings. The fourth-order valence-electron chi connectivity index (χ4n) is 4.06. The van der Waals surface area contributed by atoms with Crippen LogP contribution in [0.4, 0.5) is 0 Å². The van der Waals surface area contributed by atoms with Crippen LogP contribution in [-0.2, 0) is 6.42 Å². The summed E-state index contributed by atoms with van der Waals surface area (Å²) in [6.45, 7) is 4.07. The lowest BCUT2D eigenvalue weighted by molar-refractivity contribution is 0.145.